The van der Waals surface area contributed by atoms with Gasteiger partial charge in [0.25, 0.3) is 11.1 Å². The number of aromatic amines is 3. The number of H-pyrrole nitrogens is 3. The molecule has 0 spiro atoms. The van der Waals surface area contributed by atoms with Gasteiger partial charge in [-0.05, 0) is 6.92 Å². The number of rotatable bonds is 8. The lowest BCUT2D eigenvalue weighted by atomic mass is 10.1. The van der Waals surface area contributed by atoms with Crippen molar-refractivity contribution in [2.45, 2.75) is 56.0 Å². The fourth-order valence-electron chi connectivity index (χ4n) is 4.54. The van der Waals surface area contributed by atoms with Crippen LogP contribution in [0.25, 0.3) is 11.2 Å². The zero-order valence-electron chi connectivity index (χ0n) is 24.1. The Kier molecular flexibility index (Phi) is 10.0. The number of aliphatic hydroxyl groups excluding tert-OH is 4. The first-order valence-corrected chi connectivity index (χ1v) is 15.8. The van der Waals surface area contributed by atoms with E-state index in [4.69, 9.17) is 41.0 Å². The number of imidazole rings is 1. The Balaban J connectivity index is 0.000000215. The number of aromatic nitrogens is 6. The third-order valence-corrected chi connectivity index (χ3v) is 7.62. The molecule has 0 saturated carbocycles. The van der Waals surface area contributed by atoms with E-state index in [1.165, 1.54) is 6.92 Å². The summed E-state index contributed by atoms with van der Waals surface area (Å²) in [5.41, 5.74) is -2.96. The normalized spacial score (nSPS) is 28.7. The van der Waals surface area contributed by atoms with Gasteiger partial charge in [-0.25, -0.2) is 18.9 Å². The SMILES string of the molecule is Cc1cn([C@@H]2O[C@H](CO)[C@@H](OP(=O)(O)O)[C@H]2O)c(=O)[nH]c1=O.[2H]n1c(=N)[nH]c(=O)c2ncn([C@@H]3O[C@H](COP(=O)(O)O)[C@@H](O)[C@H]3O)c21. The van der Waals surface area contributed by atoms with Crippen LogP contribution in [0, 0.1) is 12.3 Å². The van der Waals surface area contributed by atoms with E-state index in [0.717, 1.165) is 21.7 Å². The van der Waals surface area contributed by atoms with Crippen LogP contribution in [0.4, 0.5) is 0 Å². The van der Waals surface area contributed by atoms with E-state index in [0.29, 0.717) is 4.98 Å². The average Bonchev–Trinajstić information content (AvgIpc) is 3.62. The summed E-state index contributed by atoms with van der Waals surface area (Å²) < 4.78 is 50.6. The molecule has 26 heteroatoms. The lowest BCUT2D eigenvalue weighted by molar-refractivity contribution is -0.0549. The first-order chi connectivity index (χ1) is 21.7. The fraction of sp³-hybridized carbons (Fsp3) is 0.550. The highest BCUT2D eigenvalue weighted by atomic mass is 31.2. The summed E-state index contributed by atoms with van der Waals surface area (Å²) >= 11 is 0. The summed E-state index contributed by atoms with van der Waals surface area (Å²) in [4.78, 5) is 78.4. The zero-order chi connectivity index (χ0) is 35.2. The quantitative estimate of drug-likeness (QED) is 0.0976. The molecule has 0 aromatic carbocycles. The second-order valence-electron chi connectivity index (χ2n) is 9.85. The lowest BCUT2D eigenvalue weighted by Gasteiger charge is -2.20. The van der Waals surface area contributed by atoms with E-state index in [1.807, 2.05) is 4.98 Å². The number of hydrogen-bond donors (Lipinski definition) is 12. The van der Waals surface area contributed by atoms with Crippen LogP contribution in [-0.2, 0) is 27.7 Å². The van der Waals surface area contributed by atoms with Crippen LogP contribution in [0.1, 0.15) is 18.0 Å². The molecule has 0 unspecified atom stereocenters. The van der Waals surface area contributed by atoms with Gasteiger partial charge in [-0.1, -0.05) is 0 Å². The van der Waals surface area contributed by atoms with Gasteiger partial charge in [0.15, 0.2) is 19.4 Å². The van der Waals surface area contributed by atoms with Crippen molar-refractivity contribution in [1.29, 1.82) is 5.41 Å². The van der Waals surface area contributed by atoms with Gasteiger partial charge in [0.1, 0.15) is 42.3 Å². The Labute approximate surface area is 254 Å². The molecule has 46 heavy (non-hydrogen) atoms. The van der Waals surface area contributed by atoms with Crippen LogP contribution in [-0.4, -0.2) is 119 Å². The molecule has 2 saturated heterocycles. The highest BCUT2D eigenvalue weighted by Crippen LogP contribution is 2.43. The van der Waals surface area contributed by atoms with Gasteiger partial charge in [-0.2, -0.15) is 0 Å². The summed E-state index contributed by atoms with van der Waals surface area (Å²) in [5, 5.41) is 46.9. The third kappa shape index (κ3) is 7.84. The smallest absolute Gasteiger partial charge is 0.394 e. The molecule has 256 valence electrons. The highest BCUT2D eigenvalue weighted by molar-refractivity contribution is 7.46. The van der Waals surface area contributed by atoms with Crippen molar-refractivity contribution in [2.24, 2.45) is 0 Å². The molecule has 3 aromatic rings. The molecule has 12 N–H and O–H groups in total. The number of nitrogens with zero attached hydrogens (tertiary/aromatic N) is 3. The predicted octanol–water partition coefficient (Wildman–Crippen LogP) is -5.17. The van der Waals surface area contributed by atoms with Crippen molar-refractivity contribution < 1.29 is 69.1 Å². The van der Waals surface area contributed by atoms with Gasteiger partial charge in [0.2, 0.25) is 5.62 Å². The molecule has 5 heterocycles. The van der Waals surface area contributed by atoms with Crippen LogP contribution < -0.4 is 22.4 Å². The minimum absolute atomic E-state index is 0.162. The number of phosphoric ester groups is 2. The minimum atomic E-state index is -4.95. The second-order valence-corrected chi connectivity index (χ2v) is 12.3. The Morgan fingerprint density at radius 3 is 2.22 bits per heavy atom. The van der Waals surface area contributed by atoms with Crippen molar-refractivity contribution in [1.82, 2.24) is 29.1 Å². The molecule has 5 rings (SSSR count). The van der Waals surface area contributed by atoms with Crippen molar-refractivity contribution in [3.63, 3.8) is 0 Å². The third-order valence-electron chi connectivity index (χ3n) is 6.62. The maximum absolute atomic E-state index is 11.8. The van der Waals surface area contributed by atoms with Crippen LogP contribution in [0.15, 0.2) is 26.9 Å². The maximum atomic E-state index is 11.8. The molecular formula is C20H29N7O17P2. The van der Waals surface area contributed by atoms with Gasteiger partial charge >= 0.3 is 21.3 Å². The number of aliphatic hydroxyl groups is 4. The topological polar surface area (TPSA) is 378 Å². The molecule has 2 aliphatic heterocycles. The van der Waals surface area contributed by atoms with E-state index in [2.05, 4.69) is 19.0 Å². The molecule has 3 aromatic heterocycles. The van der Waals surface area contributed by atoms with Gasteiger partial charge in [0, 0.05) is 11.8 Å². The van der Waals surface area contributed by atoms with Crippen molar-refractivity contribution in [2.75, 3.05) is 13.2 Å². The Hall–Kier alpha value is -3.19. The van der Waals surface area contributed by atoms with E-state index in [-0.39, 0.29) is 16.7 Å². The minimum Gasteiger partial charge on any atom is -0.394 e. The number of hydrogen-bond acceptors (Lipinski definition) is 15. The van der Waals surface area contributed by atoms with E-state index < -0.39 is 100 Å². The number of aryl methyl sites for hydroxylation is 1. The monoisotopic (exact) mass is 702 g/mol. The van der Waals surface area contributed by atoms with Crippen molar-refractivity contribution in [3.05, 3.63) is 54.9 Å². The molecule has 8 atom stereocenters. The Bertz CT molecular complexity index is 1950. The molecule has 0 aliphatic carbocycles. The van der Waals surface area contributed by atoms with Crippen LogP contribution in [0.2, 0.25) is 1.41 Å². The molecule has 0 radical (unpaired) electrons. The van der Waals surface area contributed by atoms with E-state index >= 15 is 0 Å². The molecular weight excluding hydrogens is 672 g/mol. The first kappa shape index (κ1) is 34.2. The van der Waals surface area contributed by atoms with Crippen LogP contribution in [0.5, 0.6) is 0 Å². The molecule has 0 amide bonds. The summed E-state index contributed by atoms with van der Waals surface area (Å²) in [6, 6.07) is 0. The number of nitrogens with one attached hydrogen (secondary N) is 4. The lowest BCUT2D eigenvalue weighted by Crippen LogP contribution is -2.39. The van der Waals surface area contributed by atoms with Gasteiger partial charge in [-0.15, -0.1) is 0 Å². The molecule has 0 bridgehead atoms. The van der Waals surface area contributed by atoms with Gasteiger partial charge in [-0.3, -0.25) is 43.1 Å². The number of ether oxygens (including phenoxy) is 2. The maximum Gasteiger partial charge on any atom is 0.470 e. The molecule has 24 nitrogen and oxygen atoms in total. The standard InChI is InChI=1S/C10H14N5O8P.C10H15N2O9P/c11-10-13-7-4(8(18)14-10)12-2-15(7)9-6(17)5(16)3(23-9)1-22-24(19,20)21;1-4-2-12(10(16)11-8(4)15)9-6(14)7(5(3-13)20-9)21-22(17,18)19/h2-3,5-6,9,16-17H,1H2,(H2,19,20,21)(H3,11,13,14,18);2,5-7,9,13-14H,3H2,1H3,(H,11,15,16)(H2,17,18,19)/t3-,5-,6-,9-;5-,6-,7-,9-/m11/s1/i/hD. The average molecular weight is 702 g/mol. The second kappa shape index (κ2) is 13.5. The van der Waals surface area contributed by atoms with Gasteiger partial charge in [0.05, 0.1) is 19.5 Å². The predicted molar refractivity (Wildman–Crippen MR) is 144 cm³/mol. The number of fused-ring (bicyclic) bond motifs is 1. The zero-order valence-corrected chi connectivity index (χ0v) is 24.9. The summed E-state index contributed by atoms with van der Waals surface area (Å²) in [5.74, 6) is 0. The summed E-state index contributed by atoms with van der Waals surface area (Å²) in [7, 11) is -9.75. The summed E-state index contributed by atoms with van der Waals surface area (Å²) in [6.07, 6.45) is -9.32. The van der Waals surface area contributed by atoms with Crippen molar-refractivity contribution in [3.8, 4) is 0 Å². The fourth-order valence-corrected chi connectivity index (χ4v) is 5.46. The Morgan fingerprint density at radius 1 is 0.978 bits per heavy atom. The van der Waals surface area contributed by atoms with Crippen molar-refractivity contribution >= 4 is 26.8 Å². The highest BCUT2D eigenvalue weighted by Gasteiger charge is 2.48. The van der Waals surface area contributed by atoms with Crippen LogP contribution >= 0.6 is 15.6 Å². The van der Waals surface area contributed by atoms with E-state index in [1.54, 1.807) is 0 Å². The largest absolute Gasteiger partial charge is 0.470 e. The molecule has 2 aliphatic rings. The van der Waals surface area contributed by atoms with Crippen LogP contribution in [0.3, 0.4) is 0 Å². The first-order valence-electron chi connectivity index (χ1n) is 13.2. The van der Waals surface area contributed by atoms with Gasteiger partial charge < -0.3 is 54.5 Å². The van der Waals surface area contributed by atoms with E-state index in [9.17, 15) is 38.8 Å². The number of phosphoric acid groups is 2. The Morgan fingerprint density at radius 2 is 1.61 bits per heavy atom. The molecule has 2 fully saturated rings. The summed E-state index contributed by atoms with van der Waals surface area (Å²) in [6.45, 7) is 0.0232.